The molecule has 0 aliphatic heterocycles. The SMILES string of the molecule is CO[n+]1c2cccc(OC(=O)CCl)c2[n+](O)c2cccc(O)c21. The van der Waals surface area contributed by atoms with Crippen LogP contribution in [0.2, 0.25) is 0 Å². The van der Waals surface area contributed by atoms with E-state index in [0.29, 0.717) is 5.52 Å². The first kappa shape index (κ1) is 15.1. The lowest BCUT2D eigenvalue weighted by Gasteiger charge is -2.04. The number of rotatable bonds is 3. The van der Waals surface area contributed by atoms with E-state index in [1.807, 2.05) is 0 Å². The molecule has 1 aromatic heterocycles. The fourth-order valence-electron chi connectivity index (χ4n) is 2.45. The number of carbonyl (C=O) groups excluding carboxylic acids is 1. The van der Waals surface area contributed by atoms with Crippen molar-refractivity contribution in [2.75, 3.05) is 13.0 Å². The summed E-state index contributed by atoms with van der Waals surface area (Å²) in [6.07, 6.45) is 0. The Balaban J connectivity index is 2.46. The van der Waals surface area contributed by atoms with Gasteiger partial charge < -0.3 is 9.84 Å². The molecule has 0 spiro atoms. The zero-order chi connectivity index (χ0) is 16.6. The van der Waals surface area contributed by atoms with Crippen LogP contribution in [0.15, 0.2) is 36.4 Å². The van der Waals surface area contributed by atoms with Gasteiger partial charge in [0.05, 0.1) is 0 Å². The van der Waals surface area contributed by atoms with Gasteiger partial charge in [-0.05, 0) is 12.1 Å². The predicted octanol–water partition coefficient (Wildman–Crippen LogP) is 0.713. The van der Waals surface area contributed by atoms with Gasteiger partial charge in [0.25, 0.3) is 0 Å². The molecular weight excluding hydrogens is 324 g/mol. The average Bonchev–Trinajstić information content (AvgIpc) is 2.56. The Labute approximate surface area is 135 Å². The van der Waals surface area contributed by atoms with Crippen molar-refractivity contribution in [3.05, 3.63) is 36.4 Å². The standard InChI is InChI=1S/C15H12ClN2O5/c1-22-18-10-5-3-7-12(23-13(20)8-16)15(10)17(21)9-4-2-6-11(19)14(9)18/h2-7,21H,8H2,1H3/q+1/p+1. The lowest BCUT2D eigenvalue weighted by Crippen LogP contribution is -2.48. The van der Waals surface area contributed by atoms with Gasteiger partial charge in [-0.2, -0.15) is 0 Å². The molecule has 3 aromatic rings. The number of aromatic nitrogens is 2. The summed E-state index contributed by atoms with van der Waals surface area (Å²) >= 11 is 5.46. The van der Waals surface area contributed by atoms with E-state index in [4.69, 9.17) is 21.2 Å². The summed E-state index contributed by atoms with van der Waals surface area (Å²) < 4.78 is 7.32. The van der Waals surface area contributed by atoms with Gasteiger partial charge in [-0.25, -0.2) is 0 Å². The molecule has 0 radical (unpaired) electrons. The molecule has 0 aliphatic rings. The molecule has 0 bridgehead atoms. The minimum absolute atomic E-state index is 0.0720. The number of aromatic hydroxyl groups is 1. The van der Waals surface area contributed by atoms with Crippen LogP contribution in [0.25, 0.3) is 22.1 Å². The van der Waals surface area contributed by atoms with E-state index < -0.39 is 5.97 Å². The largest absolute Gasteiger partial charge is 0.502 e. The molecule has 0 fully saturated rings. The Morgan fingerprint density at radius 2 is 1.87 bits per heavy atom. The summed E-state index contributed by atoms with van der Waals surface area (Å²) in [5.74, 6) is -0.927. The summed E-state index contributed by atoms with van der Waals surface area (Å²) in [6, 6.07) is 9.43. The van der Waals surface area contributed by atoms with E-state index in [2.05, 4.69) is 0 Å². The number of phenolic OH excluding ortho intramolecular Hbond substituents is 1. The fraction of sp³-hybridized carbons (Fsp3) is 0.133. The van der Waals surface area contributed by atoms with Gasteiger partial charge in [0.2, 0.25) is 11.5 Å². The maximum absolute atomic E-state index is 11.5. The van der Waals surface area contributed by atoms with E-state index in [9.17, 15) is 15.1 Å². The van der Waals surface area contributed by atoms with Crippen molar-refractivity contribution in [2.24, 2.45) is 0 Å². The number of carbonyl (C=O) groups is 1. The number of nitrogens with zero attached hydrogens (tertiary/aromatic N) is 2. The molecule has 23 heavy (non-hydrogen) atoms. The molecule has 0 aliphatic carbocycles. The molecule has 1 heterocycles. The predicted molar refractivity (Wildman–Crippen MR) is 79.6 cm³/mol. The maximum atomic E-state index is 11.5. The van der Waals surface area contributed by atoms with Gasteiger partial charge in [0.1, 0.15) is 13.0 Å². The number of ether oxygens (including phenoxy) is 1. The number of hydrogen-bond acceptors (Lipinski definition) is 5. The van der Waals surface area contributed by atoms with Crippen molar-refractivity contribution >= 4 is 39.6 Å². The lowest BCUT2D eigenvalue weighted by molar-refractivity contribution is -0.886. The normalized spacial score (nSPS) is 10.9. The molecule has 2 N–H and O–H groups in total. The van der Waals surface area contributed by atoms with Crippen molar-refractivity contribution in [1.29, 1.82) is 0 Å². The molecular formula is C15H13ClN2O5+2. The average molecular weight is 337 g/mol. The Morgan fingerprint density at radius 1 is 1.17 bits per heavy atom. The zero-order valence-electron chi connectivity index (χ0n) is 12.1. The summed E-state index contributed by atoms with van der Waals surface area (Å²) in [5, 5.41) is 20.6. The quantitative estimate of drug-likeness (QED) is 0.184. The van der Waals surface area contributed by atoms with Crippen LogP contribution in [-0.4, -0.2) is 29.3 Å². The molecule has 0 amide bonds. The minimum atomic E-state index is -0.654. The smallest absolute Gasteiger partial charge is 0.375 e. The molecule has 7 nitrogen and oxygen atoms in total. The van der Waals surface area contributed by atoms with Crippen LogP contribution in [-0.2, 0) is 4.79 Å². The third kappa shape index (κ3) is 2.35. The number of benzene rings is 2. The monoisotopic (exact) mass is 336 g/mol. The zero-order valence-corrected chi connectivity index (χ0v) is 12.8. The maximum Gasteiger partial charge on any atom is 0.375 e. The Kier molecular flexibility index (Phi) is 3.79. The van der Waals surface area contributed by atoms with Crippen molar-refractivity contribution in [3.63, 3.8) is 0 Å². The Morgan fingerprint density at radius 3 is 2.57 bits per heavy atom. The first-order chi connectivity index (χ1) is 11.1. The minimum Gasteiger partial charge on any atom is -0.502 e. The highest BCUT2D eigenvalue weighted by molar-refractivity contribution is 6.26. The second-order valence-corrected chi connectivity index (χ2v) is 4.93. The van der Waals surface area contributed by atoms with Gasteiger partial charge >= 0.3 is 28.0 Å². The molecule has 8 heteroatoms. The van der Waals surface area contributed by atoms with Crippen molar-refractivity contribution in [3.8, 4) is 11.5 Å². The highest BCUT2D eigenvalue weighted by Gasteiger charge is 2.34. The van der Waals surface area contributed by atoms with Crippen LogP contribution in [0, 0.1) is 0 Å². The topological polar surface area (TPSA) is 83.8 Å². The van der Waals surface area contributed by atoms with E-state index >= 15 is 0 Å². The second-order valence-electron chi connectivity index (χ2n) is 4.67. The van der Waals surface area contributed by atoms with Crippen molar-refractivity contribution < 1.29 is 34.1 Å². The van der Waals surface area contributed by atoms with Crippen LogP contribution in [0.5, 0.6) is 11.5 Å². The second kappa shape index (κ2) is 5.77. The van der Waals surface area contributed by atoms with Crippen LogP contribution in [0.1, 0.15) is 0 Å². The van der Waals surface area contributed by atoms with Gasteiger partial charge in [-0.1, -0.05) is 12.1 Å². The van der Waals surface area contributed by atoms with E-state index in [1.54, 1.807) is 24.3 Å². The lowest BCUT2D eigenvalue weighted by atomic mass is 10.2. The summed E-state index contributed by atoms with van der Waals surface area (Å²) in [7, 11) is 1.42. The molecule has 0 saturated carbocycles. The van der Waals surface area contributed by atoms with E-state index in [-0.39, 0.29) is 33.9 Å². The van der Waals surface area contributed by atoms with Gasteiger partial charge in [-0.3, -0.25) is 14.8 Å². The third-order valence-corrected chi connectivity index (χ3v) is 3.57. The Hall–Kier alpha value is -2.80. The highest BCUT2D eigenvalue weighted by Crippen LogP contribution is 2.25. The van der Waals surface area contributed by atoms with Crippen molar-refractivity contribution in [2.45, 2.75) is 0 Å². The summed E-state index contributed by atoms with van der Waals surface area (Å²) in [6.45, 7) is 0. The number of halogens is 1. The highest BCUT2D eigenvalue weighted by atomic mass is 35.5. The van der Waals surface area contributed by atoms with Crippen LogP contribution >= 0.6 is 11.6 Å². The number of esters is 1. The molecule has 118 valence electrons. The molecule has 3 rings (SSSR count). The van der Waals surface area contributed by atoms with E-state index in [1.165, 1.54) is 24.0 Å². The van der Waals surface area contributed by atoms with Crippen LogP contribution in [0.4, 0.5) is 0 Å². The molecule has 0 unspecified atom stereocenters. The van der Waals surface area contributed by atoms with E-state index in [0.717, 1.165) is 4.73 Å². The molecule has 0 saturated heterocycles. The molecule has 2 aromatic carbocycles. The molecule has 0 atom stereocenters. The fourth-order valence-corrected chi connectivity index (χ4v) is 2.50. The third-order valence-electron chi connectivity index (χ3n) is 3.35. The van der Waals surface area contributed by atoms with Gasteiger partial charge in [0, 0.05) is 21.6 Å². The Bertz CT molecular complexity index is 929. The summed E-state index contributed by atoms with van der Waals surface area (Å²) in [4.78, 5) is 16.8. The first-order valence-corrected chi connectivity index (χ1v) is 7.16. The number of phenols is 1. The first-order valence-electron chi connectivity index (χ1n) is 6.63. The van der Waals surface area contributed by atoms with Gasteiger partial charge in [0.15, 0.2) is 0 Å². The summed E-state index contributed by atoms with van der Waals surface area (Å²) in [5.41, 5.74) is 1.13. The number of fused-ring (bicyclic) bond motifs is 2. The van der Waals surface area contributed by atoms with Crippen molar-refractivity contribution in [1.82, 2.24) is 0 Å². The number of hydrogen-bond donors (Lipinski definition) is 2. The number of alkyl halides is 1. The van der Waals surface area contributed by atoms with Crippen LogP contribution in [0.3, 0.4) is 0 Å². The van der Waals surface area contributed by atoms with Crippen LogP contribution < -0.4 is 19.0 Å². The van der Waals surface area contributed by atoms with Gasteiger partial charge in [-0.15, -0.1) is 11.6 Å². The number of para-hydroxylation sites is 2.